The van der Waals surface area contributed by atoms with E-state index in [9.17, 15) is 18.0 Å². The molecule has 0 spiro atoms. The summed E-state index contributed by atoms with van der Waals surface area (Å²) in [6.07, 6.45) is 8.45. The average Bonchev–Trinajstić information content (AvgIpc) is 2.97. The number of fused-ring (bicyclic) bond motifs is 1. The largest absolute Gasteiger partial charge is 0.444 e. The van der Waals surface area contributed by atoms with Crippen LogP contribution in [0.1, 0.15) is 39.7 Å². The molecule has 1 aromatic carbocycles. The molecule has 182 valence electrons. The molecule has 0 aliphatic carbocycles. The number of rotatable bonds is 4. The maximum absolute atomic E-state index is 13.7. The van der Waals surface area contributed by atoms with E-state index in [1.54, 1.807) is 57.0 Å². The van der Waals surface area contributed by atoms with E-state index in [2.05, 4.69) is 16.2 Å². The van der Waals surface area contributed by atoms with Crippen molar-refractivity contribution in [3.8, 4) is 12.3 Å². The second-order valence-electron chi connectivity index (χ2n) is 9.20. The molecule has 1 aromatic heterocycles. The number of carbonyl (C=O) groups is 2. The zero-order valence-electron chi connectivity index (χ0n) is 19.9. The summed E-state index contributed by atoms with van der Waals surface area (Å²) in [5.41, 5.74) is -0.264. The molecule has 9 nitrogen and oxygen atoms in total. The van der Waals surface area contributed by atoms with Crippen molar-refractivity contribution in [3.05, 3.63) is 36.2 Å². The van der Waals surface area contributed by atoms with E-state index in [-0.39, 0.29) is 30.4 Å². The number of nitrogens with zero attached hydrogens (tertiary/aromatic N) is 3. The van der Waals surface area contributed by atoms with E-state index in [0.29, 0.717) is 29.3 Å². The van der Waals surface area contributed by atoms with Crippen molar-refractivity contribution < 1.29 is 22.7 Å². The number of aromatic nitrogens is 1. The summed E-state index contributed by atoms with van der Waals surface area (Å²) in [6, 6.07) is 4.50. The molecule has 2 amide bonds. The smallest absolute Gasteiger partial charge is 0.408 e. The molecule has 1 saturated heterocycles. The van der Waals surface area contributed by atoms with Gasteiger partial charge < -0.3 is 15.0 Å². The molecular formula is C24H30N4O5S. The summed E-state index contributed by atoms with van der Waals surface area (Å²) in [7, 11) is -3.91. The van der Waals surface area contributed by atoms with Crippen molar-refractivity contribution in [1.29, 1.82) is 0 Å². The SMILES string of the molecule is C#Cc1cncc2cccc(S(=O)(=O)N3CCCN(C(=O)CNC(=O)OC(C)(C)C)C[C@@H]3C)c12. The van der Waals surface area contributed by atoms with Gasteiger partial charge in [0.2, 0.25) is 15.9 Å². The number of hydrogen-bond donors (Lipinski definition) is 1. The van der Waals surface area contributed by atoms with Crippen molar-refractivity contribution in [2.75, 3.05) is 26.2 Å². The lowest BCUT2D eigenvalue weighted by atomic mass is 10.1. The second-order valence-corrected chi connectivity index (χ2v) is 11.1. The molecule has 1 aliphatic heterocycles. The Labute approximate surface area is 200 Å². The first kappa shape index (κ1) is 25.5. The minimum absolute atomic E-state index is 0.124. The highest BCUT2D eigenvalue weighted by atomic mass is 32.2. The summed E-state index contributed by atoms with van der Waals surface area (Å²) in [5.74, 6) is 2.22. The van der Waals surface area contributed by atoms with Gasteiger partial charge in [0.15, 0.2) is 0 Å². The van der Waals surface area contributed by atoms with Gasteiger partial charge in [-0.05, 0) is 40.2 Å². The fraction of sp³-hybridized carbons (Fsp3) is 0.458. The summed E-state index contributed by atoms with van der Waals surface area (Å²) in [6.45, 7) is 7.56. The standard InChI is InChI=1S/C24H30N4O5S/c1-6-18-13-25-14-19-9-7-10-20(22(18)19)34(31,32)28-12-8-11-27(16-17(28)2)21(29)15-26-23(30)33-24(3,4)5/h1,7,9-10,13-14,17H,8,11-12,15-16H2,2-5H3,(H,26,30)/t17-/m0/s1. The predicted octanol–water partition coefficient (Wildman–Crippen LogP) is 2.35. The van der Waals surface area contributed by atoms with E-state index in [1.165, 1.54) is 10.5 Å². The van der Waals surface area contributed by atoms with Crippen molar-refractivity contribution in [3.63, 3.8) is 0 Å². The first-order valence-electron chi connectivity index (χ1n) is 11.0. The van der Waals surface area contributed by atoms with Gasteiger partial charge in [0.05, 0.1) is 10.5 Å². The Hall–Kier alpha value is -3.16. The van der Waals surface area contributed by atoms with Gasteiger partial charge in [-0.3, -0.25) is 9.78 Å². The van der Waals surface area contributed by atoms with Gasteiger partial charge in [-0.2, -0.15) is 4.31 Å². The number of ether oxygens (including phenoxy) is 1. The fourth-order valence-electron chi connectivity index (χ4n) is 3.95. The quantitative estimate of drug-likeness (QED) is 0.665. The third kappa shape index (κ3) is 5.66. The highest BCUT2D eigenvalue weighted by Gasteiger charge is 2.34. The zero-order chi connectivity index (χ0) is 25.1. The molecule has 1 fully saturated rings. The van der Waals surface area contributed by atoms with Crippen LogP contribution in [-0.4, -0.2) is 72.4 Å². The molecule has 2 heterocycles. The Morgan fingerprint density at radius 1 is 1.26 bits per heavy atom. The highest BCUT2D eigenvalue weighted by molar-refractivity contribution is 7.89. The molecule has 1 N–H and O–H groups in total. The van der Waals surface area contributed by atoms with Crippen molar-refractivity contribution in [2.24, 2.45) is 0 Å². The van der Waals surface area contributed by atoms with Crippen molar-refractivity contribution in [1.82, 2.24) is 19.5 Å². The van der Waals surface area contributed by atoms with E-state index >= 15 is 0 Å². The van der Waals surface area contributed by atoms with E-state index in [1.807, 2.05) is 0 Å². The molecule has 1 atom stereocenters. The number of carbonyl (C=O) groups excluding carboxylic acids is 2. The Morgan fingerprint density at radius 3 is 2.68 bits per heavy atom. The summed E-state index contributed by atoms with van der Waals surface area (Å²) in [4.78, 5) is 30.4. The van der Waals surface area contributed by atoms with Crippen molar-refractivity contribution >= 4 is 32.8 Å². The first-order valence-corrected chi connectivity index (χ1v) is 12.5. The molecule has 0 radical (unpaired) electrons. The van der Waals surface area contributed by atoms with Crippen LogP contribution < -0.4 is 5.32 Å². The molecule has 34 heavy (non-hydrogen) atoms. The molecule has 0 bridgehead atoms. The topological polar surface area (TPSA) is 109 Å². The van der Waals surface area contributed by atoms with Crippen LogP contribution in [0.15, 0.2) is 35.5 Å². The number of alkyl carbamates (subject to hydrolysis) is 1. The summed E-state index contributed by atoms with van der Waals surface area (Å²) in [5, 5.41) is 3.57. The average molecular weight is 487 g/mol. The third-order valence-electron chi connectivity index (χ3n) is 5.41. The fourth-order valence-corrected chi connectivity index (χ4v) is 5.85. The molecule has 0 saturated carbocycles. The molecule has 0 unspecified atom stereocenters. The van der Waals surface area contributed by atoms with Gasteiger partial charge >= 0.3 is 6.09 Å². The van der Waals surface area contributed by atoms with Crippen LogP contribution in [-0.2, 0) is 19.6 Å². The van der Waals surface area contributed by atoms with Crippen LogP contribution in [0.4, 0.5) is 4.79 Å². The maximum Gasteiger partial charge on any atom is 0.408 e. The lowest BCUT2D eigenvalue weighted by molar-refractivity contribution is -0.130. The number of sulfonamides is 1. The molecule has 1 aliphatic rings. The van der Waals surface area contributed by atoms with Gasteiger partial charge in [-0.1, -0.05) is 18.1 Å². The first-order chi connectivity index (χ1) is 15.9. The Kier molecular flexibility index (Phi) is 7.48. The second kappa shape index (κ2) is 9.99. The number of terminal acetylenes is 1. The Bertz CT molecular complexity index is 1220. The molecule has 10 heteroatoms. The van der Waals surface area contributed by atoms with E-state index in [4.69, 9.17) is 11.2 Å². The van der Waals surface area contributed by atoms with E-state index in [0.717, 1.165) is 0 Å². The van der Waals surface area contributed by atoms with Gasteiger partial charge in [0.1, 0.15) is 12.1 Å². The lowest BCUT2D eigenvalue weighted by Crippen LogP contribution is -2.46. The van der Waals surface area contributed by atoms with Gasteiger partial charge in [-0.25, -0.2) is 13.2 Å². The number of amides is 2. The highest BCUT2D eigenvalue weighted by Crippen LogP contribution is 2.29. The van der Waals surface area contributed by atoms with Crippen LogP contribution in [0.2, 0.25) is 0 Å². The van der Waals surface area contributed by atoms with Crippen LogP contribution in [0, 0.1) is 12.3 Å². The van der Waals surface area contributed by atoms with Crippen LogP contribution in [0.25, 0.3) is 10.8 Å². The third-order valence-corrected chi connectivity index (χ3v) is 7.46. The van der Waals surface area contributed by atoms with E-state index < -0.39 is 27.8 Å². The number of pyridine rings is 1. The van der Waals surface area contributed by atoms with Crippen LogP contribution >= 0.6 is 0 Å². The Balaban J connectivity index is 1.78. The molecule has 3 rings (SSSR count). The normalized spacial score (nSPS) is 17.6. The maximum atomic E-state index is 13.7. The molecular weight excluding hydrogens is 456 g/mol. The van der Waals surface area contributed by atoms with Gasteiger partial charge in [0, 0.05) is 48.8 Å². The number of hydrogen-bond acceptors (Lipinski definition) is 6. The minimum atomic E-state index is -3.91. The predicted molar refractivity (Wildman–Crippen MR) is 128 cm³/mol. The minimum Gasteiger partial charge on any atom is -0.444 e. The number of benzene rings is 1. The monoisotopic (exact) mass is 486 g/mol. The molecule has 2 aromatic rings. The number of nitrogens with one attached hydrogen (secondary N) is 1. The zero-order valence-corrected chi connectivity index (χ0v) is 20.7. The van der Waals surface area contributed by atoms with Crippen molar-refractivity contribution in [2.45, 2.75) is 50.7 Å². The van der Waals surface area contributed by atoms with Gasteiger partial charge in [-0.15, -0.1) is 6.42 Å². The van der Waals surface area contributed by atoms with Gasteiger partial charge in [0.25, 0.3) is 0 Å². The Morgan fingerprint density at radius 2 is 2.00 bits per heavy atom. The lowest BCUT2D eigenvalue weighted by Gasteiger charge is -2.29. The van der Waals surface area contributed by atoms with Crippen LogP contribution in [0.3, 0.4) is 0 Å². The summed E-state index contributed by atoms with van der Waals surface area (Å²) < 4.78 is 34.0. The summed E-state index contributed by atoms with van der Waals surface area (Å²) >= 11 is 0. The van der Waals surface area contributed by atoms with Crippen LogP contribution in [0.5, 0.6) is 0 Å².